The van der Waals surface area contributed by atoms with E-state index in [4.69, 9.17) is 5.73 Å². The Hall–Kier alpha value is -0.760. The topological polar surface area (TPSA) is 26.0 Å². The zero-order valence-corrected chi connectivity index (χ0v) is 7.03. The highest BCUT2D eigenvalue weighted by Gasteiger charge is 1.94. The maximum Gasteiger partial charge on any atom is 0.0499 e. The number of hydrogen-bond donors (Lipinski definition) is 1. The van der Waals surface area contributed by atoms with Gasteiger partial charge in [-0.05, 0) is 31.4 Å². The fraction of sp³-hybridized carbons (Fsp3) is 0.250. The maximum absolute atomic E-state index is 5.65. The summed E-state index contributed by atoms with van der Waals surface area (Å²) in [6.45, 7) is 4.14. The smallest absolute Gasteiger partial charge is 0.0499 e. The lowest BCUT2D eigenvalue weighted by Crippen LogP contribution is -1.81. The second-order valence-corrected chi connectivity index (χ2v) is 3.41. The number of rotatable bonds is 1. The molecule has 0 aliphatic heterocycles. The second-order valence-electron chi connectivity index (χ2n) is 2.46. The Morgan fingerprint density at radius 3 is 2.70 bits per heavy atom. The summed E-state index contributed by atoms with van der Waals surface area (Å²) in [6, 6.07) is 1.93. The minimum Gasteiger partial charge on any atom is -0.398 e. The van der Waals surface area contributed by atoms with Crippen LogP contribution < -0.4 is 5.73 Å². The van der Waals surface area contributed by atoms with Gasteiger partial charge in [-0.1, -0.05) is 5.57 Å². The zero-order chi connectivity index (χ0) is 7.56. The van der Waals surface area contributed by atoms with E-state index in [1.54, 1.807) is 11.3 Å². The Balaban J connectivity index is 2.95. The van der Waals surface area contributed by atoms with Gasteiger partial charge in [0.2, 0.25) is 0 Å². The van der Waals surface area contributed by atoms with Gasteiger partial charge in [0, 0.05) is 10.6 Å². The van der Waals surface area contributed by atoms with Crippen LogP contribution >= 0.6 is 11.3 Å². The van der Waals surface area contributed by atoms with E-state index in [2.05, 4.69) is 19.9 Å². The Bertz CT molecular complexity index is 244. The molecular formula is C8H11NS. The van der Waals surface area contributed by atoms with Crippen LogP contribution in [0.25, 0.3) is 6.08 Å². The third-order valence-corrected chi connectivity index (χ3v) is 2.03. The first kappa shape index (κ1) is 7.35. The molecule has 2 heteroatoms. The third-order valence-electron chi connectivity index (χ3n) is 1.15. The van der Waals surface area contributed by atoms with Crippen molar-refractivity contribution in [1.82, 2.24) is 0 Å². The SMILES string of the molecule is CC(C)=Cc1sccc1N. The molecule has 0 amide bonds. The van der Waals surface area contributed by atoms with E-state index in [9.17, 15) is 0 Å². The molecule has 1 rings (SSSR count). The second kappa shape index (κ2) is 2.88. The van der Waals surface area contributed by atoms with Crippen molar-refractivity contribution in [2.75, 3.05) is 5.73 Å². The molecule has 0 aromatic carbocycles. The summed E-state index contributed by atoms with van der Waals surface area (Å²) in [6.07, 6.45) is 2.10. The van der Waals surface area contributed by atoms with E-state index < -0.39 is 0 Å². The minimum absolute atomic E-state index is 0.881. The van der Waals surface area contributed by atoms with Crippen LogP contribution in [0.3, 0.4) is 0 Å². The number of anilines is 1. The van der Waals surface area contributed by atoms with Gasteiger partial charge in [0.25, 0.3) is 0 Å². The lowest BCUT2D eigenvalue weighted by Gasteiger charge is -1.90. The Morgan fingerprint density at radius 2 is 2.30 bits per heavy atom. The van der Waals surface area contributed by atoms with Gasteiger partial charge in [-0.2, -0.15) is 0 Å². The maximum atomic E-state index is 5.65. The minimum atomic E-state index is 0.881. The molecule has 10 heavy (non-hydrogen) atoms. The molecule has 0 bridgehead atoms. The van der Waals surface area contributed by atoms with Crippen molar-refractivity contribution in [3.05, 3.63) is 21.9 Å². The molecule has 0 saturated heterocycles. The number of allylic oxidation sites excluding steroid dienone is 1. The summed E-state index contributed by atoms with van der Waals surface area (Å²) in [5, 5.41) is 2.00. The average molecular weight is 153 g/mol. The first-order chi connectivity index (χ1) is 4.70. The van der Waals surface area contributed by atoms with Crippen LogP contribution in [0.4, 0.5) is 5.69 Å². The third kappa shape index (κ3) is 1.61. The van der Waals surface area contributed by atoms with Crippen LogP contribution in [-0.4, -0.2) is 0 Å². The summed E-state index contributed by atoms with van der Waals surface area (Å²) >= 11 is 1.68. The zero-order valence-electron chi connectivity index (χ0n) is 6.22. The molecule has 0 unspecified atom stereocenters. The van der Waals surface area contributed by atoms with Crippen LogP contribution in [-0.2, 0) is 0 Å². The molecule has 1 aromatic rings. The molecule has 1 heterocycles. The molecule has 0 atom stereocenters. The van der Waals surface area contributed by atoms with Gasteiger partial charge in [-0.15, -0.1) is 11.3 Å². The fourth-order valence-corrected chi connectivity index (χ4v) is 1.58. The molecule has 0 aliphatic rings. The Kier molecular flexibility index (Phi) is 2.12. The van der Waals surface area contributed by atoms with Gasteiger partial charge in [0.15, 0.2) is 0 Å². The van der Waals surface area contributed by atoms with E-state index in [1.165, 1.54) is 10.5 Å². The van der Waals surface area contributed by atoms with Gasteiger partial charge in [-0.25, -0.2) is 0 Å². The van der Waals surface area contributed by atoms with Crippen LogP contribution in [0, 0.1) is 0 Å². The summed E-state index contributed by atoms with van der Waals surface area (Å²) in [7, 11) is 0. The van der Waals surface area contributed by atoms with Crippen molar-refractivity contribution < 1.29 is 0 Å². The van der Waals surface area contributed by atoms with Gasteiger partial charge in [-0.3, -0.25) is 0 Å². The van der Waals surface area contributed by atoms with Gasteiger partial charge in [0.1, 0.15) is 0 Å². The average Bonchev–Trinajstić information content (AvgIpc) is 2.15. The fourth-order valence-electron chi connectivity index (χ4n) is 0.710. The summed E-state index contributed by atoms with van der Waals surface area (Å²) in [5.41, 5.74) is 7.82. The molecular weight excluding hydrogens is 142 g/mol. The van der Waals surface area contributed by atoms with Gasteiger partial charge < -0.3 is 5.73 Å². The Labute approximate surface area is 65.2 Å². The summed E-state index contributed by atoms with van der Waals surface area (Å²) in [4.78, 5) is 1.17. The molecule has 54 valence electrons. The van der Waals surface area contributed by atoms with E-state index in [0.29, 0.717) is 0 Å². The van der Waals surface area contributed by atoms with Crippen molar-refractivity contribution in [2.45, 2.75) is 13.8 Å². The van der Waals surface area contributed by atoms with E-state index in [1.807, 2.05) is 11.4 Å². The van der Waals surface area contributed by atoms with E-state index in [-0.39, 0.29) is 0 Å². The highest BCUT2D eigenvalue weighted by Crippen LogP contribution is 2.21. The predicted molar refractivity (Wildman–Crippen MR) is 48.1 cm³/mol. The van der Waals surface area contributed by atoms with Crippen molar-refractivity contribution in [3.63, 3.8) is 0 Å². The Morgan fingerprint density at radius 1 is 1.60 bits per heavy atom. The highest BCUT2D eigenvalue weighted by atomic mass is 32.1. The lowest BCUT2D eigenvalue weighted by atomic mass is 10.3. The van der Waals surface area contributed by atoms with Gasteiger partial charge >= 0.3 is 0 Å². The standard InChI is InChI=1S/C8H11NS/c1-6(2)5-8-7(9)3-4-10-8/h3-5H,9H2,1-2H3. The molecule has 1 aromatic heterocycles. The normalized spacial score (nSPS) is 9.40. The number of nitrogen functional groups attached to an aromatic ring is 1. The number of hydrogen-bond acceptors (Lipinski definition) is 2. The van der Waals surface area contributed by atoms with Crippen LogP contribution in [0.1, 0.15) is 18.7 Å². The van der Waals surface area contributed by atoms with Crippen LogP contribution in [0.5, 0.6) is 0 Å². The van der Waals surface area contributed by atoms with E-state index in [0.717, 1.165) is 5.69 Å². The summed E-state index contributed by atoms with van der Waals surface area (Å²) < 4.78 is 0. The largest absolute Gasteiger partial charge is 0.398 e. The molecule has 0 aliphatic carbocycles. The van der Waals surface area contributed by atoms with Crippen molar-refractivity contribution in [1.29, 1.82) is 0 Å². The first-order valence-corrected chi connectivity index (χ1v) is 4.06. The quantitative estimate of drug-likeness (QED) is 0.659. The molecule has 0 radical (unpaired) electrons. The predicted octanol–water partition coefficient (Wildman–Crippen LogP) is 2.75. The van der Waals surface area contributed by atoms with Crippen LogP contribution in [0.2, 0.25) is 0 Å². The first-order valence-electron chi connectivity index (χ1n) is 3.18. The van der Waals surface area contributed by atoms with E-state index >= 15 is 0 Å². The monoisotopic (exact) mass is 153 g/mol. The van der Waals surface area contributed by atoms with Gasteiger partial charge in [0.05, 0.1) is 0 Å². The van der Waals surface area contributed by atoms with Crippen molar-refractivity contribution >= 4 is 23.1 Å². The number of nitrogens with two attached hydrogens (primary N) is 1. The van der Waals surface area contributed by atoms with Crippen molar-refractivity contribution in [3.8, 4) is 0 Å². The summed E-state index contributed by atoms with van der Waals surface area (Å²) in [5.74, 6) is 0. The highest BCUT2D eigenvalue weighted by molar-refractivity contribution is 7.11. The van der Waals surface area contributed by atoms with Crippen LogP contribution in [0.15, 0.2) is 17.0 Å². The molecule has 2 N–H and O–H groups in total. The molecule has 0 fully saturated rings. The molecule has 0 saturated carbocycles. The molecule has 1 nitrogen and oxygen atoms in total. The van der Waals surface area contributed by atoms with Crippen molar-refractivity contribution in [2.24, 2.45) is 0 Å². The molecule has 0 spiro atoms. The number of thiophene rings is 1. The lowest BCUT2D eigenvalue weighted by molar-refractivity contribution is 1.43.